The highest BCUT2D eigenvalue weighted by molar-refractivity contribution is 5.94. The Kier molecular flexibility index (Phi) is 8.34. The molecule has 9 heteroatoms. The molecule has 0 spiro atoms. The van der Waals surface area contributed by atoms with E-state index in [0.717, 1.165) is 61.8 Å². The molecule has 1 aliphatic rings. The Labute approximate surface area is 181 Å². The lowest BCUT2D eigenvalue weighted by Gasteiger charge is -2.29. The smallest absolute Gasteiger partial charge is 0.251 e. The van der Waals surface area contributed by atoms with Crippen LogP contribution < -0.4 is 15.5 Å². The van der Waals surface area contributed by atoms with Crippen molar-refractivity contribution in [1.82, 2.24) is 15.3 Å². The molecule has 1 heterocycles. The van der Waals surface area contributed by atoms with Crippen molar-refractivity contribution in [3.63, 3.8) is 0 Å². The van der Waals surface area contributed by atoms with Gasteiger partial charge in [0.05, 0.1) is 0 Å². The van der Waals surface area contributed by atoms with Gasteiger partial charge in [0.2, 0.25) is 0 Å². The summed E-state index contributed by atoms with van der Waals surface area (Å²) in [4.78, 5) is 23.0. The van der Waals surface area contributed by atoms with E-state index in [1.165, 1.54) is 6.07 Å². The predicted molar refractivity (Wildman–Crippen MR) is 116 cm³/mol. The van der Waals surface area contributed by atoms with Crippen LogP contribution in [0.2, 0.25) is 0 Å². The molecule has 0 saturated heterocycles. The van der Waals surface area contributed by atoms with Crippen LogP contribution in [0.4, 0.5) is 20.4 Å². The third-order valence-corrected chi connectivity index (χ3v) is 5.22. The van der Waals surface area contributed by atoms with Gasteiger partial charge >= 0.3 is 0 Å². The summed E-state index contributed by atoms with van der Waals surface area (Å²) in [7, 11) is 3.89. The van der Waals surface area contributed by atoms with Gasteiger partial charge in [-0.05, 0) is 56.7 Å². The average molecular weight is 440 g/mol. The number of rotatable bonds is 6. The van der Waals surface area contributed by atoms with Crippen molar-refractivity contribution in [3.05, 3.63) is 47.3 Å². The SMILES string of the molecule is Cc1nc(NCC2CCC(NC(=O)c3ccc(F)c(F)c3)CC2)cc(N(C)C)n1.Cl. The number of aromatic nitrogens is 2. The molecule has 1 aromatic carbocycles. The number of carbonyl (C=O) groups is 1. The number of carbonyl (C=O) groups excluding carboxylic acids is 1. The minimum atomic E-state index is -1.01. The zero-order valence-corrected chi connectivity index (χ0v) is 18.2. The highest BCUT2D eigenvalue weighted by Gasteiger charge is 2.23. The largest absolute Gasteiger partial charge is 0.370 e. The van der Waals surface area contributed by atoms with Crippen LogP contribution in [0.25, 0.3) is 0 Å². The van der Waals surface area contributed by atoms with Crippen molar-refractivity contribution in [2.45, 2.75) is 38.6 Å². The van der Waals surface area contributed by atoms with E-state index in [2.05, 4.69) is 20.6 Å². The minimum Gasteiger partial charge on any atom is -0.370 e. The fourth-order valence-corrected chi connectivity index (χ4v) is 3.54. The first-order valence-electron chi connectivity index (χ1n) is 9.84. The Morgan fingerprint density at radius 1 is 1.10 bits per heavy atom. The lowest BCUT2D eigenvalue weighted by Crippen LogP contribution is -2.38. The average Bonchev–Trinajstić information content (AvgIpc) is 2.69. The topological polar surface area (TPSA) is 70.2 Å². The fraction of sp³-hybridized carbons (Fsp3) is 0.476. The molecule has 0 aliphatic heterocycles. The zero-order chi connectivity index (χ0) is 21.0. The maximum atomic E-state index is 13.3. The van der Waals surface area contributed by atoms with E-state index < -0.39 is 11.6 Å². The normalized spacial score (nSPS) is 18.3. The first kappa shape index (κ1) is 23.8. The zero-order valence-electron chi connectivity index (χ0n) is 17.4. The van der Waals surface area contributed by atoms with E-state index in [9.17, 15) is 13.6 Å². The number of hydrogen-bond acceptors (Lipinski definition) is 5. The third-order valence-electron chi connectivity index (χ3n) is 5.22. The first-order chi connectivity index (χ1) is 13.8. The monoisotopic (exact) mass is 439 g/mol. The van der Waals surface area contributed by atoms with Crippen LogP contribution in [0.5, 0.6) is 0 Å². The maximum absolute atomic E-state index is 13.3. The predicted octanol–water partition coefficient (Wildman–Crippen LogP) is 3.95. The molecule has 0 radical (unpaired) electrons. The molecule has 2 N–H and O–H groups in total. The Bertz CT molecular complexity index is 872. The molecule has 0 unspecified atom stereocenters. The highest BCUT2D eigenvalue weighted by Crippen LogP contribution is 2.25. The number of aryl methyl sites for hydroxylation is 1. The second-order valence-electron chi connectivity index (χ2n) is 7.75. The molecule has 0 bridgehead atoms. The van der Waals surface area contributed by atoms with Crippen molar-refractivity contribution < 1.29 is 13.6 Å². The van der Waals surface area contributed by atoms with Gasteiger partial charge in [-0.2, -0.15) is 0 Å². The van der Waals surface area contributed by atoms with E-state index in [1.807, 2.05) is 32.0 Å². The molecule has 1 aromatic heterocycles. The van der Waals surface area contributed by atoms with Gasteiger partial charge in [0, 0.05) is 38.3 Å². The molecule has 1 saturated carbocycles. The summed E-state index contributed by atoms with van der Waals surface area (Å²) in [5.41, 5.74) is 0.142. The van der Waals surface area contributed by atoms with E-state index in [4.69, 9.17) is 0 Å². The maximum Gasteiger partial charge on any atom is 0.251 e. The second-order valence-corrected chi connectivity index (χ2v) is 7.75. The molecular weight excluding hydrogens is 412 g/mol. The molecule has 0 atom stereocenters. The van der Waals surface area contributed by atoms with Gasteiger partial charge in [-0.25, -0.2) is 18.7 Å². The van der Waals surface area contributed by atoms with Gasteiger partial charge in [-0.15, -0.1) is 12.4 Å². The Morgan fingerprint density at radius 3 is 2.43 bits per heavy atom. The Morgan fingerprint density at radius 2 is 1.80 bits per heavy atom. The van der Waals surface area contributed by atoms with Crippen LogP contribution in [0, 0.1) is 24.5 Å². The molecule has 30 heavy (non-hydrogen) atoms. The van der Waals surface area contributed by atoms with Crippen molar-refractivity contribution in [3.8, 4) is 0 Å². The Hall–Kier alpha value is -2.48. The van der Waals surface area contributed by atoms with E-state index in [1.54, 1.807) is 0 Å². The van der Waals surface area contributed by atoms with Gasteiger partial charge in [0.15, 0.2) is 11.6 Å². The molecule has 2 aromatic rings. The van der Waals surface area contributed by atoms with Crippen LogP contribution >= 0.6 is 12.4 Å². The van der Waals surface area contributed by atoms with Crippen molar-refractivity contribution in [2.24, 2.45) is 5.92 Å². The van der Waals surface area contributed by atoms with Gasteiger partial charge in [0.1, 0.15) is 17.5 Å². The summed E-state index contributed by atoms with van der Waals surface area (Å²) < 4.78 is 26.3. The summed E-state index contributed by atoms with van der Waals surface area (Å²) in [6.07, 6.45) is 3.65. The van der Waals surface area contributed by atoms with Gasteiger partial charge in [-0.3, -0.25) is 4.79 Å². The lowest BCUT2D eigenvalue weighted by molar-refractivity contribution is 0.0922. The van der Waals surface area contributed by atoms with Gasteiger partial charge in [0.25, 0.3) is 5.91 Å². The van der Waals surface area contributed by atoms with Gasteiger partial charge in [-0.1, -0.05) is 0 Å². The molecular formula is C21H28ClF2N5O. The summed E-state index contributed by atoms with van der Waals surface area (Å²) >= 11 is 0. The van der Waals surface area contributed by atoms with E-state index >= 15 is 0 Å². The van der Waals surface area contributed by atoms with Crippen molar-refractivity contribution in [1.29, 1.82) is 0 Å². The lowest BCUT2D eigenvalue weighted by atomic mass is 9.86. The number of benzene rings is 1. The van der Waals surface area contributed by atoms with Crippen molar-refractivity contribution >= 4 is 29.9 Å². The van der Waals surface area contributed by atoms with Crippen LogP contribution in [0.15, 0.2) is 24.3 Å². The molecule has 3 rings (SSSR count). The number of halogens is 3. The third kappa shape index (κ3) is 6.26. The highest BCUT2D eigenvalue weighted by atomic mass is 35.5. The summed E-state index contributed by atoms with van der Waals surface area (Å²) in [6.45, 7) is 2.69. The van der Waals surface area contributed by atoms with Gasteiger partial charge < -0.3 is 15.5 Å². The number of amides is 1. The van der Waals surface area contributed by atoms with Crippen molar-refractivity contribution in [2.75, 3.05) is 30.9 Å². The number of nitrogens with zero attached hydrogens (tertiary/aromatic N) is 3. The standard InChI is InChI=1S/C21H27F2N5O.ClH/c1-13-25-19(11-20(26-13)28(2)3)24-12-14-4-7-16(8-5-14)27-21(29)15-6-9-17(22)18(23)10-15;/h6,9-11,14,16H,4-5,7-8,12H2,1-3H3,(H,27,29)(H,24,25,26);1H. The van der Waals surface area contributed by atoms with Crippen LogP contribution in [-0.4, -0.2) is 42.6 Å². The molecule has 1 fully saturated rings. The summed E-state index contributed by atoms with van der Waals surface area (Å²) in [5.74, 6) is 0.569. The van der Waals surface area contributed by atoms with Crippen LogP contribution in [0.3, 0.4) is 0 Å². The number of hydrogen-bond donors (Lipinski definition) is 2. The van der Waals surface area contributed by atoms with Crippen LogP contribution in [-0.2, 0) is 0 Å². The Balaban J connectivity index is 0.00000320. The second kappa shape index (κ2) is 10.5. The quantitative estimate of drug-likeness (QED) is 0.713. The molecule has 1 aliphatic carbocycles. The van der Waals surface area contributed by atoms with Crippen LogP contribution in [0.1, 0.15) is 41.9 Å². The summed E-state index contributed by atoms with van der Waals surface area (Å²) in [6, 6.07) is 5.19. The summed E-state index contributed by atoms with van der Waals surface area (Å²) in [5, 5.41) is 6.33. The molecule has 164 valence electrons. The minimum absolute atomic E-state index is 0. The fourth-order valence-electron chi connectivity index (χ4n) is 3.54. The number of nitrogens with one attached hydrogen (secondary N) is 2. The number of anilines is 2. The van der Waals surface area contributed by atoms with E-state index in [0.29, 0.717) is 5.92 Å². The molecule has 1 amide bonds. The first-order valence-corrected chi connectivity index (χ1v) is 9.84. The molecule has 6 nitrogen and oxygen atoms in total. The van der Waals surface area contributed by atoms with E-state index in [-0.39, 0.29) is 29.9 Å².